The highest BCUT2D eigenvalue weighted by atomic mass is 16.5. The fourth-order valence-corrected chi connectivity index (χ4v) is 1.78. The lowest BCUT2D eigenvalue weighted by molar-refractivity contribution is -0.131. The third-order valence-electron chi connectivity index (χ3n) is 2.82. The minimum absolute atomic E-state index is 0.235. The van der Waals surface area contributed by atoms with Gasteiger partial charge in [0.1, 0.15) is 17.2 Å². The smallest absolute Gasteiger partial charge is 0.343 e. The third kappa shape index (κ3) is 3.76. The first kappa shape index (κ1) is 15.4. The van der Waals surface area contributed by atoms with E-state index in [9.17, 15) is 14.5 Å². The third-order valence-corrected chi connectivity index (χ3v) is 2.82. The fourth-order valence-electron chi connectivity index (χ4n) is 1.78. The van der Waals surface area contributed by atoms with Crippen LogP contribution in [0.25, 0.3) is 0 Å². The Kier molecular flexibility index (Phi) is 4.63. The van der Waals surface area contributed by atoms with Crippen LogP contribution in [-0.4, -0.2) is 11.9 Å². The topological polar surface area (TPSA) is 82.0 Å². The molecule has 0 saturated carbocycles. The molecule has 0 aliphatic carbocycles. The summed E-state index contributed by atoms with van der Waals surface area (Å²) in [5.41, 5.74) is 1.19. The molecule has 0 aromatic heterocycles. The van der Waals surface area contributed by atoms with Gasteiger partial charge in [-0.3, -0.25) is 4.79 Å². The number of benzene rings is 2. The van der Waals surface area contributed by atoms with Crippen LogP contribution in [0.15, 0.2) is 47.6 Å². The predicted octanol–water partition coefficient (Wildman–Crippen LogP) is 3.54. The summed E-state index contributed by atoms with van der Waals surface area (Å²) in [6.45, 7) is 3.04. The molecule has 0 fully saturated rings. The number of ether oxygens (including phenoxy) is 2. The maximum absolute atomic E-state index is 12.0. The normalized spacial score (nSPS) is 9.91. The van der Waals surface area contributed by atoms with E-state index in [0.29, 0.717) is 22.6 Å². The highest BCUT2D eigenvalue weighted by Gasteiger charge is 2.11. The maximum Gasteiger partial charge on any atom is 0.343 e. The summed E-state index contributed by atoms with van der Waals surface area (Å²) in [6.07, 6.45) is 0. The molecular formula is C16H13NO5. The molecule has 0 unspecified atom stereocenters. The van der Waals surface area contributed by atoms with Gasteiger partial charge in [0, 0.05) is 6.92 Å². The summed E-state index contributed by atoms with van der Waals surface area (Å²) in [6, 6.07) is 10.5. The predicted molar refractivity (Wildman–Crippen MR) is 79.3 cm³/mol. The minimum atomic E-state index is -0.555. The van der Waals surface area contributed by atoms with Gasteiger partial charge >= 0.3 is 11.9 Å². The van der Waals surface area contributed by atoms with Crippen LogP contribution < -0.4 is 9.47 Å². The molecule has 0 aliphatic rings. The van der Waals surface area contributed by atoms with Crippen molar-refractivity contribution < 1.29 is 19.1 Å². The maximum atomic E-state index is 12.0. The van der Waals surface area contributed by atoms with Crippen LogP contribution in [0.3, 0.4) is 0 Å². The van der Waals surface area contributed by atoms with Crippen molar-refractivity contribution in [2.75, 3.05) is 0 Å². The Bertz CT molecular complexity index is 722. The van der Waals surface area contributed by atoms with E-state index in [-0.39, 0.29) is 5.69 Å². The lowest BCUT2D eigenvalue weighted by Crippen LogP contribution is -2.09. The number of esters is 2. The van der Waals surface area contributed by atoms with Crippen LogP contribution in [0.5, 0.6) is 11.5 Å². The molecule has 2 aromatic rings. The number of carbonyl (C=O) groups excluding carboxylic acids is 2. The van der Waals surface area contributed by atoms with Crippen LogP contribution in [0.1, 0.15) is 22.8 Å². The Balaban J connectivity index is 2.13. The molecule has 0 radical (unpaired) electrons. The second-order valence-corrected chi connectivity index (χ2v) is 4.55. The summed E-state index contributed by atoms with van der Waals surface area (Å²) in [7, 11) is 0. The van der Waals surface area contributed by atoms with Gasteiger partial charge in [-0.25, -0.2) is 4.79 Å². The number of nitrogens with zero attached hydrogens (tertiary/aromatic N) is 1. The van der Waals surface area contributed by atoms with Gasteiger partial charge in [-0.05, 0) is 60.1 Å². The standard InChI is InChI=1S/C16H13NO5/c1-10-9-14(21-11(2)18)7-8-15(10)22-16(19)12-3-5-13(17-20)6-4-12/h3-9H,1-2H3. The average molecular weight is 299 g/mol. The number of carbonyl (C=O) groups is 2. The van der Waals surface area contributed by atoms with E-state index in [1.165, 1.54) is 37.3 Å². The van der Waals surface area contributed by atoms with Crippen molar-refractivity contribution in [3.63, 3.8) is 0 Å². The van der Waals surface area contributed by atoms with Crippen LogP contribution in [0.4, 0.5) is 5.69 Å². The van der Waals surface area contributed by atoms with Gasteiger partial charge in [0.15, 0.2) is 0 Å². The van der Waals surface area contributed by atoms with Gasteiger partial charge in [0.05, 0.1) is 5.56 Å². The molecule has 6 heteroatoms. The molecular weight excluding hydrogens is 286 g/mol. The molecule has 0 N–H and O–H groups in total. The van der Waals surface area contributed by atoms with E-state index < -0.39 is 11.9 Å². The SMILES string of the molecule is CC(=O)Oc1ccc(OC(=O)c2ccc(N=O)cc2)c(C)c1. The Hall–Kier alpha value is -3.02. The van der Waals surface area contributed by atoms with Crippen molar-refractivity contribution in [3.8, 4) is 11.5 Å². The van der Waals surface area contributed by atoms with Crippen molar-refractivity contribution in [1.29, 1.82) is 0 Å². The zero-order valence-corrected chi connectivity index (χ0v) is 12.0. The van der Waals surface area contributed by atoms with E-state index in [0.717, 1.165) is 0 Å². The van der Waals surface area contributed by atoms with Gasteiger partial charge in [-0.2, -0.15) is 0 Å². The first-order chi connectivity index (χ1) is 10.5. The Morgan fingerprint density at radius 3 is 2.23 bits per heavy atom. The highest BCUT2D eigenvalue weighted by Crippen LogP contribution is 2.24. The second-order valence-electron chi connectivity index (χ2n) is 4.55. The van der Waals surface area contributed by atoms with E-state index >= 15 is 0 Å². The molecule has 2 aromatic carbocycles. The van der Waals surface area contributed by atoms with Gasteiger partial charge in [0.25, 0.3) is 0 Å². The monoisotopic (exact) mass is 299 g/mol. The fraction of sp³-hybridized carbons (Fsp3) is 0.125. The minimum Gasteiger partial charge on any atom is -0.427 e. The molecule has 0 amide bonds. The molecule has 0 atom stereocenters. The lowest BCUT2D eigenvalue weighted by Gasteiger charge is -2.09. The molecule has 0 heterocycles. The molecule has 22 heavy (non-hydrogen) atoms. The first-order valence-corrected chi connectivity index (χ1v) is 6.44. The summed E-state index contributed by atoms with van der Waals surface area (Å²) in [5, 5.41) is 2.76. The van der Waals surface area contributed by atoms with E-state index in [2.05, 4.69) is 5.18 Å². The number of rotatable bonds is 4. The highest BCUT2D eigenvalue weighted by molar-refractivity contribution is 5.91. The van der Waals surface area contributed by atoms with Gasteiger partial charge in [-0.15, -0.1) is 4.91 Å². The molecule has 0 spiro atoms. The molecule has 0 bridgehead atoms. The van der Waals surface area contributed by atoms with Crippen LogP contribution in [0, 0.1) is 11.8 Å². The summed E-state index contributed by atoms with van der Waals surface area (Å²) in [5.74, 6) is -0.237. The number of hydrogen-bond acceptors (Lipinski definition) is 6. The van der Waals surface area contributed by atoms with Crippen molar-refractivity contribution in [1.82, 2.24) is 0 Å². The van der Waals surface area contributed by atoms with E-state index in [1.807, 2.05) is 0 Å². The second kappa shape index (κ2) is 6.62. The average Bonchev–Trinajstić information content (AvgIpc) is 2.49. The van der Waals surface area contributed by atoms with Crippen LogP contribution >= 0.6 is 0 Å². The Labute approximate surface area is 126 Å². The Morgan fingerprint density at radius 2 is 1.68 bits per heavy atom. The largest absolute Gasteiger partial charge is 0.427 e. The summed E-state index contributed by atoms with van der Waals surface area (Å²) < 4.78 is 10.2. The lowest BCUT2D eigenvalue weighted by atomic mass is 10.2. The van der Waals surface area contributed by atoms with Gasteiger partial charge < -0.3 is 9.47 Å². The van der Waals surface area contributed by atoms with Crippen molar-refractivity contribution in [3.05, 3.63) is 58.5 Å². The van der Waals surface area contributed by atoms with Gasteiger partial charge in [-0.1, -0.05) is 0 Å². The quantitative estimate of drug-likeness (QED) is 0.490. The van der Waals surface area contributed by atoms with Crippen molar-refractivity contribution >= 4 is 17.6 Å². The number of hydrogen-bond donors (Lipinski definition) is 0. The van der Waals surface area contributed by atoms with Crippen LogP contribution in [0.2, 0.25) is 0 Å². The first-order valence-electron chi connectivity index (χ1n) is 6.44. The molecule has 112 valence electrons. The van der Waals surface area contributed by atoms with E-state index in [1.54, 1.807) is 19.1 Å². The van der Waals surface area contributed by atoms with Crippen LogP contribution in [-0.2, 0) is 4.79 Å². The zero-order valence-electron chi connectivity index (χ0n) is 12.0. The van der Waals surface area contributed by atoms with Crippen molar-refractivity contribution in [2.45, 2.75) is 13.8 Å². The molecule has 0 aliphatic heterocycles. The Morgan fingerprint density at radius 1 is 1.00 bits per heavy atom. The molecule has 6 nitrogen and oxygen atoms in total. The summed E-state index contributed by atoms with van der Waals surface area (Å²) in [4.78, 5) is 33.2. The van der Waals surface area contributed by atoms with Crippen molar-refractivity contribution in [2.24, 2.45) is 5.18 Å². The zero-order chi connectivity index (χ0) is 16.1. The number of aryl methyl sites for hydroxylation is 1. The molecule has 2 rings (SSSR count). The van der Waals surface area contributed by atoms with Gasteiger partial charge in [0.2, 0.25) is 0 Å². The molecule has 0 saturated heterocycles. The van der Waals surface area contributed by atoms with E-state index in [4.69, 9.17) is 9.47 Å². The number of nitroso groups, excluding NO2 is 1. The summed E-state index contributed by atoms with van der Waals surface area (Å²) >= 11 is 0.